The minimum absolute atomic E-state index is 0.0486. The minimum atomic E-state index is -4.39. The molecule has 0 bridgehead atoms. The lowest BCUT2D eigenvalue weighted by Gasteiger charge is -2.24. The van der Waals surface area contributed by atoms with Gasteiger partial charge >= 0.3 is 7.82 Å². The van der Waals surface area contributed by atoms with Gasteiger partial charge in [0, 0.05) is 6.54 Å². The van der Waals surface area contributed by atoms with Crippen molar-refractivity contribution in [2.24, 2.45) is 5.73 Å². The molecule has 0 saturated heterocycles. The molecule has 0 heterocycles. The largest absolute Gasteiger partial charge is 0.472 e. The molecular weight excluding hydrogens is 651 g/mol. The second kappa shape index (κ2) is 36.3. The molecule has 0 aliphatic carbocycles. The Balaban J connectivity index is 4.33. The summed E-state index contributed by atoms with van der Waals surface area (Å²) in [6, 6.07) is -0.981. The first-order valence-corrected chi connectivity index (χ1v) is 22.0. The van der Waals surface area contributed by atoms with E-state index in [1.54, 1.807) is 6.08 Å². The number of rotatable bonds is 38. The first kappa shape index (κ1) is 48.9. The SMILES string of the molecule is CCCCCCCCCC/C=C\CCCCCCCC(O)CC(=O)NC(COP(=O)(O)OCCN)C(O)/C=C/CCCCCCCCCCC. The molecule has 4 unspecified atom stereocenters. The van der Waals surface area contributed by atoms with E-state index in [0.717, 1.165) is 51.4 Å². The van der Waals surface area contributed by atoms with Crippen LogP contribution in [0.15, 0.2) is 24.3 Å². The zero-order valence-electron chi connectivity index (χ0n) is 32.3. The molecule has 0 aromatic heterocycles. The Morgan fingerprint density at radius 1 is 0.680 bits per heavy atom. The van der Waals surface area contributed by atoms with Gasteiger partial charge in [0.1, 0.15) is 0 Å². The number of amides is 1. The Morgan fingerprint density at radius 3 is 1.60 bits per heavy atom. The number of nitrogens with one attached hydrogen (secondary N) is 1. The first-order chi connectivity index (χ1) is 24.3. The number of phosphoric acid groups is 1. The van der Waals surface area contributed by atoms with Crippen LogP contribution in [0.1, 0.15) is 187 Å². The van der Waals surface area contributed by atoms with Gasteiger partial charge in [0.25, 0.3) is 0 Å². The number of phosphoric ester groups is 1. The lowest BCUT2D eigenvalue weighted by Crippen LogP contribution is -2.46. The van der Waals surface area contributed by atoms with Crippen molar-refractivity contribution >= 4 is 13.7 Å². The van der Waals surface area contributed by atoms with E-state index in [1.165, 1.54) is 109 Å². The van der Waals surface area contributed by atoms with E-state index in [1.807, 2.05) is 6.08 Å². The molecule has 0 aliphatic heterocycles. The lowest BCUT2D eigenvalue weighted by atomic mass is 10.0. The number of aliphatic hydroxyl groups is 2. The fourth-order valence-corrected chi connectivity index (χ4v) is 6.69. The number of hydrogen-bond acceptors (Lipinski definition) is 7. The maximum Gasteiger partial charge on any atom is 0.472 e. The molecule has 50 heavy (non-hydrogen) atoms. The van der Waals surface area contributed by atoms with Crippen LogP contribution in [-0.4, -0.2) is 59.0 Å². The minimum Gasteiger partial charge on any atom is -0.393 e. The summed E-state index contributed by atoms with van der Waals surface area (Å²) < 4.78 is 22.0. The number of carbonyl (C=O) groups excluding carboxylic acids is 1. The van der Waals surface area contributed by atoms with Gasteiger partial charge in [0.2, 0.25) is 5.91 Å². The quantitative estimate of drug-likeness (QED) is 0.0239. The van der Waals surface area contributed by atoms with E-state index in [2.05, 4.69) is 31.3 Å². The van der Waals surface area contributed by atoms with Crippen LogP contribution in [-0.2, 0) is 18.4 Å². The molecule has 0 saturated carbocycles. The second-order valence-electron chi connectivity index (χ2n) is 14.0. The zero-order valence-corrected chi connectivity index (χ0v) is 33.1. The molecule has 4 atom stereocenters. The number of unbranched alkanes of at least 4 members (excludes halogenated alkanes) is 22. The summed E-state index contributed by atoms with van der Waals surface area (Å²) in [5, 5.41) is 23.9. The first-order valence-electron chi connectivity index (χ1n) is 20.5. The summed E-state index contributed by atoms with van der Waals surface area (Å²) in [7, 11) is -4.39. The van der Waals surface area contributed by atoms with Crippen molar-refractivity contribution < 1.29 is 33.5 Å². The van der Waals surface area contributed by atoms with Crippen molar-refractivity contribution in [2.75, 3.05) is 19.8 Å². The van der Waals surface area contributed by atoms with Crippen LogP contribution in [0, 0.1) is 0 Å². The van der Waals surface area contributed by atoms with E-state index in [-0.39, 0.29) is 19.6 Å². The third-order valence-electron chi connectivity index (χ3n) is 9.08. The van der Waals surface area contributed by atoms with Crippen LogP contribution in [0.25, 0.3) is 0 Å². The zero-order chi connectivity index (χ0) is 37.0. The monoisotopic (exact) mass is 731 g/mol. The average Bonchev–Trinajstić information content (AvgIpc) is 3.09. The maximum absolute atomic E-state index is 12.8. The van der Waals surface area contributed by atoms with Gasteiger partial charge < -0.3 is 26.2 Å². The molecule has 9 nitrogen and oxygen atoms in total. The molecule has 0 fully saturated rings. The van der Waals surface area contributed by atoms with Crippen LogP contribution in [0.5, 0.6) is 0 Å². The van der Waals surface area contributed by atoms with Crippen LogP contribution >= 0.6 is 7.82 Å². The van der Waals surface area contributed by atoms with Crippen molar-refractivity contribution in [3.63, 3.8) is 0 Å². The van der Waals surface area contributed by atoms with Crippen LogP contribution < -0.4 is 11.1 Å². The highest BCUT2D eigenvalue weighted by Crippen LogP contribution is 2.43. The number of aliphatic hydroxyl groups excluding tert-OH is 2. The summed E-state index contributed by atoms with van der Waals surface area (Å²) in [6.45, 7) is 3.94. The van der Waals surface area contributed by atoms with E-state index < -0.39 is 38.6 Å². The van der Waals surface area contributed by atoms with Gasteiger partial charge in [-0.05, 0) is 44.9 Å². The van der Waals surface area contributed by atoms with Gasteiger partial charge in [-0.3, -0.25) is 13.8 Å². The highest BCUT2D eigenvalue weighted by atomic mass is 31.2. The molecule has 0 spiro atoms. The van der Waals surface area contributed by atoms with Crippen LogP contribution in [0.2, 0.25) is 0 Å². The molecule has 0 aromatic rings. The fraction of sp³-hybridized carbons (Fsp3) is 0.875. The third kappa shape index (κ3) is 34.0. The molecule has 0 rings (SSSR count). The molecular formula is C40H79N2O7P. The van der Waals surface area contributed by atoms with Gasteiger partial charge in [0.15, 0.2) is 0 Å². The summed E-state index contributed by atoms with van der Waals surface area (Å²) in [4.78, 5) is 22.7. The third-order valence-corrected chi connectivity index (χ3v) is 10.1. The van der Waals surface area contributed by atoms with Gasteiger partial charge in [0.05, 0.1) is 37.9 Å². The Kier molecular flexibility index (Phi) is 35.5. The van der Waals surface area contributed by atoms with E-state index >= 15 is 0 Å². The normalized spacial score (nSPS) is 15.1. The number of hydrogen-bond donors (Lipinski definition) is 5. The average molecular weight is 731 g/mol. The van der Waals surface area contributed by atoms with Gasteiger partial charge in [-0.25, -0.2) is 4.57 Å². The number of nitrogens with two attached hydrogens (primary N) is 1. The smallest absolute Gasteiger partial charge is 0.393 e. The Morgan fingerprint density at radius 2 is 1.12 bits per heavy atom. The topological polar surface area (TPSA) is 151 Å². The Bertz CT molecular complexity index is 858. The van der Waals surface area contributed by atoms with E-state index in [9.17, 15) is 24.5 Å². The fourth-order valence-electron chi connectivity index (χ4n) is 5.93. The molecule has 1 amide bonds. The van der Waals surface area contributed by atoms with Crippen molar-refractivity contribution in [3.05, 3.63) is 24.3 Å². The maximum atomic E-state index is 12.8. The van der Waals surface area contributed by atoms with Crippen molar-refractivity contribution in [1.82, 2.24) is 5.32 Å². The molecule has 296 valence electrons. The van der Waals surface area contributed by atoms with Gasteiger partial charge in [-0.15, -0.1) is 0 Å². The van der Waals surface area contributed by atoms with E-state index in [0.29, 0.717) is 6.42 Å². The van der Waals surface area contributed by atoms with Crippen LogP contribution in [0.3, 0.4) is 0 Å². The molecule has 6 N–H and O–H groups in total. The van der Waals surface area contributed by atoms with Gasteiger partial charge in [-0.2, -0.15) is 0 Å². The molecule has 0 aromatic carbocycles. The van der Waals surface area contributed by atoms with Crippen molar-refractivity contribution in [3.8, 4) is 0 Å². The Labute approximate surface area is 307 Å². The summed E-state index contributed by atoms with van der Waals surface area (Å²) in [5.41, 5.74) is 5.35. The van der Waals surface area contributed by atoms with Crippen molar-refractivity contribution in [2.45, 2.75) is 205 Å². The number of allylic oxidation sites excluding steroid dienone is 3. The molecule has 0 radical (unpaired) electrons. The summed E-state index contributed by atoms with van der Waals surface area (Å²) in [6.07, 6.45) is 36.9. The predicted octanol–water partition coefficient (Wildman–Crippen LogP) is 9.97. The summed E-state index contributed by atoms with van der Waals surface area (Å²) >= 11 is 0. The lowest BCUT2D eigenvalue weighted by molar-refractivity contribution is -0.124. The standard InChI is InChI=1S/C40H79N2O7P/c1-3-5-7-9-11-13-15-16-17-18-19-20-22-23-25-27-29-31-37(43)35-40(45)42-38(36-49-50(46,47)48-34-33-41)39(44)32-30-28-26-24-21-14-12-10-8-6-4-2/h18-19,30,32,37-39,43-44H,3-17,20-29,31,33-36,41H2,1-2H3,(H,42,45)(H,46,47)/b19-18-,32-30+. The summed E-state index contributed by atoms with van der Waals surface area (Å²) in [5.74, 6) is -0.452. The highest BCUT2D eigenvalue weighted by molar-refractivity contribution is 7.47. The number of carbonyl (C=O) groups is 1. The molecule has 10 heteroatoms. The van der Waals surface area contributed by atoms with Gasteiger partial charge in [-0.1, -0.05) is 160 Å². The molecule has 0 aliphatic rings. The van der Waals surface area contributed by atoms with Crippen LogP contribution in [0.4, 0.5) is 0 Å². The van der Waals surface area contributed by atoms with E-state index in [4.69, 9.17) is 14.8 Å². The Hall–Kier alpha value is -1.06. The second-order valence-corrected chi connectivity index (χ2v) is 15.5. The predicted molar refractivity (Wildman–Crippen MR) is 209 cm³/mol. The highest BCUT2D eigenvalue weighted by Gasteiger charge is 2.27. The van der Waals surface area contributed by atoms with Crippen molar-refractivity contribution in [1.29, 1.82) is 0 Å².